The highest BCUT2D eigenvalue weighted by Crippen LogP contribution is 2.22. The molecule has 0 atom stereocenters. The van der Waals surface area contributed by atoms with Gasteiger partial charge in [0.15, 0.2) is 0 Å². The molecule has 0 aliphatic carbocycles. The molecule has 0 bridgehead atoms. The van der Waals surface area contributed by atoms with Crippen molar-refractivity contribution in [2.24, 2.45) is 0 Å². The zero-order valence-corrected chi connectivity index (χ0v) is 25.8. The minimum absolute atomic E-state index is 0.0954. The Morgan fingerprint density at radius 1 is 0.660 bits per heavy atom. The number of nitrogens with zero attached hydrogens (tertiary/aromatic N) is 3. The number of hydrogen-bond acceptors (Lipinski definition) is 12. The number of esters is 2. The van der Waals surface area contributed by atoms with Crippen molar-refractivity contribution in [2.75, 3.05) is 45.0 Å². The van der Waals surface area contributed by atoms with Gasteiger partial charge < -0.3 is 34.1 Å². The summed E-state index contributed by atoms with van der Waals surface area (Å²) in [6.07, 6.45) is 2.98. The highest BCUT2D eigenvalue weighted by Gasteiger charge is 2.11. The fourth-order valence-electron chi connectivity index (χ4n) is 4.22. The molecule has 0 spiro atoms. The molecule has 0 saturated heterocycles. The summed E-state index contributed by atoms with van der Waals surface area (Å²) in [5.41, 5.74) is 2.50. The van der Waals surface area contributed by atoms with Gasteiger partial charge in [-0.15, -0.1) is 0 Å². The number of benzene rings is 3. The molecule has 47 heavy (non-hydrogen) atoms. The van der Waals surface area contributed by atoms with E-state index >= 15 is 0 Å². The third-order valence-electron chi connectivity index (χ3n) is 6.23. The van der Waals surface area contributed by atoms with Gasteiger partial charge in [0.25, 0.3) is 0 Å². The molecule has 4 rings (SSSR count). The maximum atomic E-state index is 11.3. The van der Waals surface area contributed by atoms with Crippen molar-refractivity contribution < 1.29 is 38.4 Å². The van der Waals surface area contributed by atoms with Gasteiger partial charge in [0.2, 0.25) is 5.95 Å². The van der Waals surface area contributed by atoms with Crippen LogP contribution in [0.4, 0.5) is 11.6 Å². The monoisotopic (exact) mass is 640 g/mol. The van der Waals surface area contributed by atoms with E-state index in [2.05, 4.69) is 28.4 Å². The van der Waals surface area contributed by atoms with Crippen molar-refractivity contribution in [1.82, 2.24) is 15.0 Å². The Labute approximate surface area is 272 Å². The number of carbonyl (C=O) groups excluding carboxylic acids is 2. The molecule has 3 aromatic carbocycles. The van der Waals surface area contributed by atoms with E-state index in [1.54, 1.807) is 12.1 Å². The lowest BCUT2D eigenvalue weighted by Gasteiger charge is -2.12. The van der Waals surface area contributed by atoms with Crippen LogP contribution in [0.2, 0.25) is 0 Å². The third kappa shape index (κ3) is 11.9. The number of hydrogen-bond donors (Lipinski definition) is 2. The average Bonchev–Trinajstić information content (AvgIpc) is 3.08. The average molecular weight is 641 g/mol. The van der Waals surface area contributed by atoms with E-state index in [1.807, 2.05) is 60.7 Å². The van der Waals surface area contributed by atoms with Gasteiger partial charge in [0, 0.05) is 36.7 Å². The lowest BCUT2D eigenvalue weighted by Crippen LogP contribution is -2.11. The van der Waals surface area contributed by atoms with Crippen LogP contribution in [0.5, 0.6) is 17.2 Å². The Kier molecular flexibility index (Phi) is 13.3. The summed E-state index contributed by atoms with van der Waals surface area (Å²) >= 11 is 0. The summed E-state index contributed by atoms with van der Waals surface area (Å²) in [5.74, 6) is 2.20. The Balaban J connectivity index is 1.52. The van der Waals surface area contributed by atoms with Crippen LogP contribution in [0.3, 0.4) is 0 Å². The predicted octanol–water partition coefficient (Wildman–Crippen LogP) is 4.38. The molecule has 244 valence electrons. The molecule has 1 heterocycles. The van der Waals surface area contributed by atoms with Gasteiger partial charge in [0.1, 0.15) is 61.9 Å². The number of ether oxygens (including phenoxy) is 5. The molecule has 12 heteroatoms. The first-order valence-corrected chi connectivity index (χ1v) is 14.8. The van der Waals surface area contributed by atoms with Gasteiger partial charge >= 0.3 is 11.9 Å². The van der Waals surface area contributed by atoms with Gasteiger partial charge in [0.05, 0.1) is 6.61 Å². The van der Waals surface area contributed by atoms with E-state index in [1.165, 1.54) is 0 Å². The second-order valence-corrected chi connectivity index (χ2v) is 9.80. The summed E-state index contributed by atoms with van der Waals surface area (Å²) in [5, 5.41) is 12.4. The minimum Gasteiger partial charge on any atom is -0.491 e. The number of aromatic nitrogens is 3. The maximum Gasteiger partial charge on any atom is 0.330 e. The third-order valence-corrected chi connectivity index (χ3v) is 6.23. The summed E-state index contributed by atoms with van der Waals surface area (Å²) in [6, 6.07) is 22.3. The van der Waals surface area contributed by atoms with Gasteiger partial charge in [-0.1, -0.05) is 43.5 Å². The largest absolute Gasteiger partial charge is 0.491 e. The SMILES string of the molecule is C=CC(=O)OCCOc1cccc(Cc2nc(Cc3cccc(OCCOC(=O)C=C)c3)nc(Nc3cccc(OCCO)c3)n2)c1. The number of aliphatic hydroxyl groups is 1. The Hall–Kier alpha value is -5.75. The van der Waals surface area contributed by atoms with Gasteiger partial charge in [-0.2, -0.15) is 9.97 Å². The van der Waals surface area contributed by atoms with Gasteiger partial charge in [-0.3, -0.25) is 0 Å². The summed E-state index contributed by atoms with van der Waals surface area (Å²) in [4.78, 5) is 36.7. The summed E-state index contributed by atoms with van der Waals surface area (Å²) in [7, 11) is 0. The standard InChI is InChI=1S/C35H36N4O8/c1-3-33(41)46-18-16-44-28-11-5-8-25(20-28)22-31-37-32(23-26-9-6-12-29(21-26)45-17-19-47-34(42)4-2)39-35(38-31)36-27-10-7-13-30(24-27)43-15-14-40/h3-13,20-21,24,40H,1-2,14-19,22-23H2,(H,36,37,38,39). The second kappa shape index (κ2) is 18.3. The number of carbonyl (C=O) groups is 2. The fraction of sp³-hybridized carbons (Fsp3) is 0.229. The van der Waals surface area contributed by atoms with Crippen LogP contribution in [0.25, 0.3) is 0 Å². The number of nitrogens with one attached hydrogen (secondary N) is 1. The van der Waals surface area contributed by atoms with E-state index in [0.717, 1.165) is 23.3 Å². The maximum absolute atomic E-state index is 11.3. The van der Waals surface area contributed by atoms with E-state index in [4.69, 9.17) is 33.8 Å². The molecule has 0 aliphatic heterocycles. The lowest BCUT2D eigenvalue weighted by molar-refractivity contribution is -0.139. The van der Waals surface area contributed by atoms with Crippen molar-refractivity contribution in [3.63, 3.8) is 0 Å². The molecule has 0 radical (unpaired) electrons. The zero-order valence-electron chi connectivity index (χ0n) is 25.8. The molecular weight excluding hydrogens is 604 g/mol. The molecule has 12 nitrogen and oxygen atoms in total. The second-order valence-electron chi connectivity index (χ2n) is 9.80. The van der Waals surface area contributed by atoms with Crippen LogP contribution in [-0.4, -0.2) is 71.6 Å². The first-order valence-electron chi connectivity index (χ1n) is 14.8. The molecule has 0 saturated carbocycles. The molecule has 0 aliphatic rings. The summed E-state index contributed by atoms with van der Waals surface area (Å²) < 4.78 is 27.0. The van der Waals surface area contributed by atoms with Crippen molar-refractivity contribution in [3.8, 4) is 17.2 Å². The van der Waals surface area contributed by atoms with Gasteiger partial charge in [-0.05, 0) is 47.5 Å². The molecule has 4 aromatic rings. The number of anilines is 2. The molecular formula is C35H36N4O8. The highest BCUT2D eigenvalue weighted by atomic mass is 16.6. The first-order chi connectivity index (χ1) is 22.9. The van der Waals surface area contributed by atoms with Crippen LogP contribution in [0.1, 0.15) is 22.8 Å². The quantitative estimate of drug-likeness (QED) is 0.0850. The molecule has 1 aromatic heterocycles. The lowest BCUT2D eigenvalue weighted by atomic mass is 10.1. The number of rotatable bonds is 19. The van der Waals surface area contributed by atoms with Crippen LogP contribution in [-0.2, 0) is 31.9 Å². The Morgan fingerprint density at radius 3 is 1.66 bits per heavy atom. The molecule has 0 unspecified atom stereocenters. The van der Waals surface area contributed by atoms with Crippen LogP contribution in [0.15, 0.2) is 98.1 Å². The van der Waals surface area contributed by atoms with Crippen molar-refractivity contribution in [3.05, 3.63) is 121 Å². The molecule has 0 amide bonds. The van der Waals surface area contributed by atoms with E-state index in [9.17, 15) is 9.59 Å². The van der Waals surface area contributed by atoms with Crippen LogP contribution >= 0.6 is 0 Å². The fourth-order valence-corrected chi connectivity index (χ4v) is 4.22. The van der Waals surface area contributed by atoms with Crippen LogP contribution < -0.4 is 19.5 Å². The zero-order chi connectivity index (χ0) is 33.3. The van der Waals surface area contributed by atoms with E-state index in [0.29, 0.717) is 53.4 Å². The van der Waals surface area contributed by atoms with Crippen molar-refractivity contribution in [1.29, 1.82) is 0 Å². The summed E-state index contributed by atoms with van der Waals surface area (Å²) in [6.45, 7) is 7.41. The first kappa shape index (κ1) is 34.1. The highest BCUT2D eigenvalue weighted by molar-refractivity contribution is 5.81. The minimum atomic E-state index is -0.507. The number of aliphatic hydroxyl groups excluding tert-OH is 1. The smallest absolute Gasteiger partial charge is 0.330 e. The predicted molar refractivity (Wildman–Crippen MR) is 174 cm³/mol. The van der Waals surface area contributed by atoms with E-state index in [-0.39, 0.29) is 39.6 Å². The van der Waals surface area contributed by atoms with Gasteiger partial charge in [-0.25, -0.2) is 14.6 Å². The molecule has 2 N–H and O–H groups in total. The topological polar surface area (TPSA) is 151 Å². The normalized spacial score (nSPS) is 10.4. The van der Waals surface area contributed by atoms with Crippen LogP contribution in [0, 0.1) is 0 Å². The van der Waals surface area contributed by atoms with Crippen molar-refractivity contribution >= 4 is 23.6 Å². The Morgan fingerprint density at radius 2 is 1.15 bits per heavy atom. The molecule has 0 fully saturated rings. The van der Waals surface area contributed by atoms with E-state index < -0.39 is 11.9 Å². The Bertz CT molecular complexity index is 1570. The van der Waals surface area contributed by atoms with Crippen molar-refractivity contribution in [2.45, 2.75) is 12.8 Å².